The second kappa shape index (κ2) is 13.0. The van der Waals surface area contributed by atoms with E-state index >= 15 is 0 Å². The standard InChI is InChI=1S/C35H31N3S/c1-3-4-5-10-24-33-36-34(27-17-8-6-7-9-18-27)38-35(37-33)31-22-13-12-21-30(31)28-19-15-20-29(25-28)39-32-23-14-11-16-26(32)2/h3,6,8-25H,1,4-5,7H2,2H3/b24-10+. The number of unbranched alkanes of at least 4 members (excludes halogenated alkanes) is 1. The summed E-state index contributed by atoms with van der Waals surface area (Å²) in [6, 6.07) is 25.5. The Morgan fingerprint density at radius 2 is 1.67 bits per heavy atom. The van der Waals surface area contributed by atoms with Crippen molar-refractivity contribution in [2.45, 2.75) is 36.0 Å². The van der Waals surface area contributed by atoms with Crippen molar-refractivity contribution in [3.63, 3.8) is 0 Å². The largest absolute Gasteiger partial charge is 0.209 e. The third-order valence-corrected chi connectivity index (χ3v) is 7.50. The summed E-state index contributed by atoms with van der Waals surface area (Å²) in [5.41, 5.74) is 5.45. The zero-order valence-electron chi connectivity index (χ0n) is 22.1. The second-order valence-corrected chi connectivity index (χ2v) is 10.4. The van der Waals surface area contributed by atoms with E-state index in [0.29, 0.717) is 17.5 Å². The van der Waals surface area contributed by atoms with Crippen molar-refractivity contribution < 1.29 is 0 Å². The van der Waals surface area contributed by atoms with Crippen LogP contribution in [0.25, 0.3) is 34.2 Å². The molecule has 0 N–H and O–H groups in total. The van der Waals surface area contributed by atoms with Crippen molar-refractivity contribution in [2.75, 3.05) is 0 Å². The minimum atomic E-state index is 0.653. The molecule has 1 aliphatic rings. The van der Waals surface area contributed by atoms with E-state index in [4.69, 9.17) is 15.0 Å². The van der Waals surface area contributed by atoms with Gasteiger partial charge in [0.1, 0.15) is 0 Å². The molecule has 1 aromatic heterocycles. The molecule has 0 bridgehead atoms. The molecular formula is C35H31N3S. The third kappa shape index (κ3) is 6.78. The maximum Gasteiger partial charge on any atom is 0.164 e. The number of nitrogens with zero attached hydrogens (tertiary/aromatic N) is 3. The molecule has 5 rings (SSSR count). The van der Waals surface area contributed by atoms with E-state index in [1.54, 1.807) is 11.8 Å². The van der Waals surface area contributed by atoms with Gasteiger partial charge in [0.25, 0.3) is 0 Å². The van der Waals surface area contributed by atoms with Gasteiger partial charge in [-0.3, -0.25) is 0 Å². The van der Waals surface area contributed by atoms with Gasteiger partial charge < -0.3 is 0 Å². The summed E-state index contributed by atoms with van der Waals surface area (Å²) in [6.07, 6.45) is 19.2. The average molecular weight is 526 g/mol. The first-order valence-electron chi connectivity index (χ1n) is 13.2. The van der Waals surface area contributed by atoms with Gasteiger partial charge in [0, 0.05) is 20.9 Å². The molecule has 3 nitrogen and oxygen atoms in total. The zero-order chi connectivity index (χ0) is 26.9. The SMILES string of the molecule is C=CCC/C=C/c1nc(C2=CC=CCC=C2)nc(-c2ccccc2-c2cccc(Sc3ccccc3C)c2)n1. The number of rotatable bonds is 9. The van der Waals surface area contributed by atoms with Crippen molar-refractivity contribution in [3.8, 4) is 22.5 Å². The molecule has 0 saturated heterocycles. The normalized spacial score (nSPS) is 12.9. The highest BCUT2D eigenvalue weighted by Crippen LogP contribution is 2.36. The molecule has 1 aliphatic carbocycles. The summed E-state index contributed by atoms with van der Waals surface area (Å²) >= 11 is 1.78. The molecule has 3 aromatic carbocycles. The summed E-state index contributed by atoms with van der Waals surface area (Å²) in [5, 5.41) is 0. The van der Waals surface area contributed by atoms with Crippen LogP contribution in [0.5, 0.6) is 0 Å². The van der Waals surface area contributed by atoms with Gasteiger partial charge in [-0.05, 0) is 67.2 Å². The van der Waals surface area contributed by atoms with Gasteiger partial charge >= 0.3 is 0 Å². The number of allylic oxidation sites excluding steroid dienone is 8. The van der Waals surface area contributed by atoms with Crippen LogP contribution >= 0.6 is 11.8 Å². The lowest BCUT2D eigenvalue weighted by Gasteiger charge is -2.12. The first-order chi connectivity index (χ1) is 19.2. The lowest BCUT2D eigenvalue weighted by Crippen LogP contribution is -2.03. The predicted octanol–water partition coefficient (Wildman–Crippen LogP) is 9.54. The Morgan fingerprint density at radius 1 is 0.846 bits per heavy atom. The highest BCUT2D eigenvalue weighted by atomic mass is 32.2. The molecule has 39 heavy (non-hydrogen) atoms. The summed E-state index contributed by atoms with van der Waals surface area (Å²) in [4.78, 5) is 17.1. The minimum Gasteiger partial charge on any atom is -0.209 e. The first-order valence-corrected chi connectivity index (χ1v) is 14.0. The van der Waals surface area contributed by atoms with Crippen LogP contribution in [0.1, 0.15) is 36.5 Å². The maximum atomic E-state index is 4.97. The van der Waals surface area contributed by atoms with Crippen LogP contribution in [0.15, 0.2) is 132 Å². The molecule has 0 fully saturated rings. The summed E-state index contributed by atoms with van der Waals surface area (Å²) in [5.74, 6) is 1.99. The van der Waals surface area contributed by atoms with E-state index in [1.165, 1.54) is 15.4 Å². The van der Waals surface area contributed by atoms with Crippen molar-refractivity contribution in [2.24, 2.45) is 0 Å². The topological polar surface area (TPSA) is 38.7 Å². The van der Waals surface area contributed by atoms with Crippen molar-refractivity contribution in [1.29, 1.82) is 0 Å². The van der Waals surface area contributed by atoms with E-state index in [-0.39, 0.29) is 0 Å². The molecule has 192 valence electrons. The molecule has 0 amide bonds. The number of hydrogen-bond donors (Lipinski definition) is 0. The van der Waals surface area contributed by atoms with Gasteiger partial charge in [-0.25, -0.2) is 15.0 Å². The average Bonchev–Trinajstić information content (AvgIpc) is 3.27. The zero-order valence-corrected chi connectivity index (χ0v) is 22.9. The highest BCUT2D eigenvalue weighted by Gasteiger charge is 2.15. The van der Waals surface area contributed by atoms with E-state index < -0.39 is 0 Å². The molecular weight excluding hydrogens is 494 g/mol. The lowest BCUT2D eigenvalue weighted by atomic mass is 9.99. The monoisotopic (exact) mass is 525 g/mol. The quantitative estimate of drug-likeness (QED) is 0.161. The Balaban J connectivity index is 1.57. The van der Waals surface area contributed by atoms with E-state index in [1.807, 2.05) is 18.2 Å². The fourth-order valence-corrected chi connectivity index (χ4v) is 5.26. The molecule has 4 aromatic rings. The van der Waals surface area contributed by atoms with Gasteiger partial charge in [-0.15, -0.1) is 6.58 Å². The predicted molar refractivity (Wildman–Crippen MR) is 165 cm³/mol. The van der Waals surface area contributed by atoms with Crippen LogP contribution < -0.4 is 0 Å². The minimum absolute atomic E-state index is 0.653. The van der Waals surface area contributed by atoms with Crippen LogP contribution in [-0.4, -0.2) is 15.0 Å². The van der Waals surface area contributed by atoms with Gasteiger partial charge in [-0.2, -0.15) is 0 Å². The van der Waals surface area contributed by atoms with E-state index in [9.17, 15) is 0 Å². The molecule has 0 radical (unpaired) electrons. The van der Waals surface area contributed by atoms with Crippen LogP contribution in [0.3, 0.4) is 0 Å². The Morgan fingerprint density at radius 3 is 2.54 bits per heavy atom. The van der Waals surface area contributed by atoms with Crippen LogP contribution in [0.4, 0.5) is 0 Å². The molecule has 4 heteroatoms. The smallest absolute Gasteiger partial charge is 0.164 e. The lowest BCUT2D eigenvalue weighted by molar-refractivity contribution is 1.00. The van der Waals surface area contributed by atoms with Crippen molar-refractivity contribution in [3.05, 3.63) is 139 Å². The third-order valence-electron chi connectivity index (χ3n) is 6.33. The molecule has 0 spiro atoms. The second-order valence-electron chi connectivity index (χ2n) is 9.24. The molecule has 0 unspecified atom stereocenters. The fraction of sp³-hybridized carbons (Fsp3) is 0.114. The van der Waals surface area contributed by atoms with Crippen LogP contribution in [-0.2, 0) is 0 Å². The van der Waals surface area contributed by atoms with Crippen LogP contribution in [0, 0.1) is 6.92 Å². The molecule has 0 saturated carbocycles. The number of aryl methyl sites for hydroxylation is 1. The summed E-state index contributed by atoms with van der Waals surface area (Å²) in [6.45, 7) is 5.97. The van der Waals surface area contributed by atoms with Crippen molar-refractivity contribution in [1.82, 2.24) is 15.0 Å². The van der Waals surface area contributed by atoms with E-state index in [0.717, 1.165) is 41.5 Å². The van der Waals surface area contributed by atoms with Gasteiger partial charge in [0.15, 0.2) is 17.5 Å². The van der Waals surface area contributed by atoms with Gasteiger partial charge in [-0.1, -0.05) is 109 Å². The molecule has 0 atom stereocenters. The van der Waals surface area contributed by atoms with Crippen molar-refractivity contribution >= 4 is 23.4 Å². The van der Waals surface area contributed by atoms with Gasteiger partial charge in [0.05, 0.1) is 0 Å². The summed E-state index contributed by atoms with van der Waals surface area (Å²) < 4.78 is 0. The van der Waals surface area contributed by atoms with E-state index in [2.05, 4.69) is 117 Å². The Bertz CT molecular complexity index is 1590. The number of hydrogen-bond acceptors (Lipinski definition) is 4. The first kappa shape index (κ1) is 26.3. The van der Waals surface area contributed by atoms with Crippen LogP contribution in [0.2, 0.25) is 0 Å². The summed E-state index contributed by atoms with van der Waals surface area (Å²) in [7, 11) is 0. The molecule has 0 aliphatic heterocycles. The molecule has 1 heterocycles. The Labute approximate surface area is 235 Å². The number of aromatic nitrogens is 3. The van der Waals surface area contributed by atoms with Gasteiger partial charge in [0.2, 0.25) is 0 Å². The number of benzene rings is 3. The Kier molecular flexibility index (Phi) is 8.77. The maximum absolute atomic E-state index is 4.97. The Hall–Kier alpha value is -4.28. The highest BCUT2D eigenvalue weighted by molar-refractivity contribution is 7.99. The fourth-order valence-electron chi connectivity index (χ4n) is 4.30.